The monoisotopic (exact) mass is 928 g/mol. The van der Waals surface area contributed by atoms with Gasteiger partial charge in [0.2, 0.25) is 5.91 Å². The molecule has 0 spiro atoms. The summed E-state index contributed by atoms with van der Waals surface area (Å²) in [5.74, 6) is -0.790. The summed E-state index contributed by atoms with van der Waals surface area (Å²) in [6.45, 7) is 3.83. The molecule has 0 bridgehead atoms. The molecule has 15 nitrogen and oxygen atoms in total. The maximum Gasteiger partial charge on any atom is 0.306 e. The van der Waals surface area contributed by atoms with Gasteiger partial charge in [-0.1, -0.05) is 186 Å². The van der Waals surface area contributed by atoms with E-state index in [0.29, 0.717) is 6.42 Å². The topological polar surface area (TPSA) is 229 Å². The summed E-state index contributed by atoms with van der Waals surface area (Å²) in [4.78, 5) is 38.5. The molecular weight excluding hydrogens is 839 g/mol. The minimum Gasteiger partial charge on any atom is -0.462 e. The molecule has 1 saturated heterocycles. The van der Waals surface area contributed by atoms with Crippen LogP contribution in [0.15, 0.2) is 6.20 Å². The van der Waals surface area contributed by atoms with Crippen LogP contribution >= 0.6 is 11.8 Å². The first kappa shape index (κ1) is 57.8. The highest BCUT2D eigenvalue weighted by molar-refractivity contribution is 7.99. The van der Waals surface area contributed by atoms with Gasteiger partial charge in [-0.15, -0.1) is 5.10 Å². The van der Waals surface area contributed by atoms with Gasteiger partial charge in [0.25, 0.3) is 0 Å². The second kappa shape index (κ2) is 37.7. The molecule has 0 radical (unpaired) electrons. The number of hydrogen-bond acceptors (Lipinski definition) is 14. The van der Waals surface area contributed by atoms with Crippen molar-refractivity contribution in [1.29, 1.82) is 0 Å². The SMILES string of the molecule is CCCCCCCCCCCCCCCCC(=O)OCC(CSCC(N)C(=O)Nc1cn(C2OC(CO)C(O)C(O)C2O)nn1)OC(=O)CCCCCCCCCCCCCCCC. The van der Waals surface area contributed by atoms with Crippen molar-refractivity contribution in [2.45, 2.75) is 249 Å². The Kier molecular flexibility index (Phi) is 34.1. The van der Waals surface area contributed by atoms with Crippen LogP contribution in [0.4, 0.5) is 5.82 Å². The molecule has 1 amide bonds. The van der Waals surface area contributed by atoms with E-state index in [4.69, 9.17) is 19.9 Å². The molecule has 7 unspecified atom stereocenters. The van der Waals surface area contributed by atoms with Crippen molar-refractivity contribution >= 4 is 35.4 Å². The zero-order valence-corrected chi connectivity index (χ0v) is 40.5. The molecule has 7 N–H and O–H groups in total. The minimum atomic E-state index is -1.60. The Hall–Kier alpha value is -2.34. The predicted octanol–water partition coefficient (Wildman–Crippen LogP) is 8.45. The van der Waals surface area contributed by atoms with Crippen LogP contribution < -0.4 is 11.1 Å². The first-order valence-corrected chi connectivity index (χ1v) is 26.5. The third-order valence-electron chi connectivity index (χ3n) is 12.0. The highest BCUT2D eigenvalue weighted by Gasteiger charge is 2.44. The third kappa shape index (κ3) is 26.7. The summed E-state index contributed by atoms with van der Waals surface area (Å²) in [6.07, 6.45) is 28.5. The zero-order chi connectivity index (χ0) is 46.6. The third-order valence-corrected chi connectivity index (χ3v) is 13.2. The number of unbranched alkanes of at least 4 members (excludes halogenated alkanes) is 26. The van der Waals surface area contributed by atoms with Crippen LogP contribution in [-0.2, 0) is 28.6 Å². The number of carbonyl (C=O) groups excluding carboxylic acids is 3. The zero-order valence-electron chi connectivity index (χ0n) is 39.7. The van der Waals surface area contributed by atoms with Gasteiger partial charge >= 0.3 is 11.9 Å². The number of nitrogens with zero attached hydrogens (tertiary/aromatic N) is 3. The largest absolute Gasteiger partial charge is 0.462 e. The number of nitrogens with one attached hydrogen (secondary N) is 1. The van der Waals surface area contributed by atoms with Crippen LogP contribution in [0.5, 0.6) is 0 Å². The molecular formula is C48H89N5O10S. The number of hydrogen-bond donors (Lipinski definition) is 6. The number of thioether (sulfide) groups is 1. The maximum atomic E-state index is 12.9. The fraction of sp³-hybridized carbons (Fsp3) is 0.896. The van der Waals surface area contributed by atoms with Crippen molar-refractivity contribution in [3.05, 3.63) is 6.20 Å². The van der Waals surface area contributed by atoms with Crippen LogP contribution in [0.1, 0.15) is 213 Å². The number of aliphatic hydroxyl groups is 4. The number of esters is 2. The van der Waals surface area contributed by atoms with Crippen molar-refractivity contribution in [2.75, 3.05) is 30.0 Å². The lowest BCUT2D eigenvalue weighted by Gasteiger charge is -2.39. The molecule has 7 atom stereocenters. The summed E-state index contributed by atoms with van der Waals surface area (Å²) in [5.41, 5.74) is 6.19. The summed E-state index contributed by atoms with van der Waals surface area (Å²) >= 11 is 1.30. The van der Waals surface area contributed by atoms with Crippen molar-refractivity contribution in [3.63, 3.8) is 0 Å². The first-order chi connectivity index (χ1) is 31.1. The van der Waals surface area contributed by atoms with Gasteiger partial charge in [-0.3, -0.25) is 14.4 Å². The molecule has 1 aliphatic heterocycles. The number of anilines is 1. The van der Waals surface area contributed by atoms with Crippen LogP contribution in [0.2, 0.25) is 0 Å². The fourth-order valence-electron chi connectivity index (χ4n) is 7.93. The molecule has 0 aromatic carbocycles. The Morgan fingerprint density at radius 1 is 0.688 bits per heavy atom. The van der Waals surface area contributed by atoms with Gasteiger partial charge in [-0.2, -0.15) is 11.8 Å². The van der Waals surface area contributed by atoms with E-state index in [0.717, 1.165) is 43.2 Å². The maximum absolute atomic E-state index is 12.9. The van der Waals surface area contributed by atoms with E-state index in [2.05, 4.69) is 29.5 Å². The average Bonchev–Trinajstić information content (AvgIpc) is 3.75. The molecule has 1 fully saturated rings. The first-order valence-electron chi connectivity index (χ1n) is 25.3. The lowest BCUT2D eigenvalue weighted by atomic mass is 9.98. The molecule has 0 saturated carbocycles. The number of amides is 1. The fourth-order valence-corrected chi connectivity index (χ4v) is 8.90. The average molecular weight is 928 g/mol. The van der Waals surface area contributed by atoms with Crippen LogP contribution in [0.25, 0.3) is 0 Å². The Labute approximate surface area is 389 Å². The van der Waals surface area contributed by atoms with Gasteiger partial charge < -0.3 is 45.7 Å². The van der Waals surface area contributed by atoms with Crippen LogP contribution in [0, 0.1) is 0 Å². The van der Waals surface area contributed by atoms with E-state index >= 15 is 0 Å². The molecule has 372 valence electrons. The van der Waals surface area contributed by atoms with Gasteiger partial charge in [-0.05, 0) is 12.8 Å². The smallest absolute Gasteiger partial charge is 0.306 e. The van der Waals surface area contributed by atoms with Crippen LogP contribution in [-0.4, -0.2) is 115 Å². The van der Waals surface area contributed by atoms with Crippen molar-refractivity contribution in [1.82, 2.24) is 15.0 Å². The van der Waals surface area contributed by atoms with Crippen molar-refractivity contribution in [3.8, 4) is 0 Å². The van der Waals surface area contributed by atoms with Gasteiger partial charge in [0, 0.05) is 24.3 Å². The number of ether oxygens (including phenoxy) is 3. The quantitative estimate of drug-likeness (QED) is 0.0268. The van der Waals surface area contributed by atoms with Crippen LogP contribution in [0.3, 0.4) is 0 Å². The lowest BCUT2D eigenvalue weighted by Crippen LogP contribution is -2.56. The van der Waals surface area contributed by atoms with Gasteiger partial charge in [0.15, 0.2) is 12.0 Å². The second-order valence-electron chi connectivity index (χ2n) is 17.9. The number of aliphatic hydroxyl groups excluding tert-OH is 4. The summed E-state index contributed by atoms with van der Waals surface area (Å²) < 4.78 is 17.9. The lowest BCUT2D eigenvalue weighted by molar-refractivity contribution is -0.254. The van der Waals surface area contributed by atoms with E-state index in [1.165, 1.54) is 159 Å². The molecule has 16 heteroatoms. The molecule has 0 aliphatic carbocycles. The van der Waals surface area contributed by atoms with Crippen molar-refractivity contribution < 1.29 is 49.0 Å². The summed E-state index contributed by atoms with van der Waals surface area (Å²) in [7, 11) is 0. The second-order valence-corrected chi connectivity index (χ2v) is 19.0. The van der Waals surface area contributed by atoms with Gasteiger partial charge in [0.05, 0.1) is 18.8 Å². The standard InChI is InChI=1S/C48H89N5O10S/c1-3-5-7-9-11-13-15-17-19-21-23-25-27-29-31-42(55)61-35-38(62-43(56)32-30-28-26-24-22-20-18-16-14-12-10-8-6-4-2)36-64-37-39(49)47(60)50-41-33-53(52-51-41)48-46(59)45(58)44(57)40(34-54)63-48/h33,38-40,44-46,48,54,57-59H,3-32,34-37,49H2,1-2H3,(H,50,60). The number of aromatic nitrogens is 3. The minimum absolute atomic E-state index is 0.00318. The molecule has 1 aromatic heterocycles. The summed E-state index contributed by atoms with van der Waals surface area (Å²) in [6, 6.07) is -0.989. The Balaban J connectivity index is 1.74. The number of carbonyl (C=O) groups is 3. The predicted molar refractivity (Wildman–Crippen MR) is 254 cm³/mol. The normalized spacial score (nSPS) is 19.6. The summed E-state index contributed by atoms with van der Waals surface area (Å²) in [5, 5.41) is 50.3. The number of nitrogens with two attached hydrogens (primary N) is 1. The molecule has 1 aliphatic rings. The Morgan fingerprint density at radius 3 is 1.61 bits per heavy atom. The van der Waals surface area contributed by atoms with E-state index < -0.39 is 55.3 Å². The van der Waals surface area contributed by atoms with Gasteiger partial charge in [-0.25, -0.2) is 4.68 Å². The molecule has 64 heavy (non-hydrogen) atoms. The molecule has 2 rings (SSSR count). The van der Waals surface area contributed by atoms with E-state index in [1.54, 1.807) is 0 Å². The Morgan fingerprint density at radius 2 is 1.14 bits per heavy atom. The van der Waals surface area contributed by atoms with Crippen molar-refractivity contribution in [2.24, 2.45) is 5.73 Å². The van der Waals surface area contributed by atoms with E-state index in [-0.39, 0.29) is 42.3 Å². The number of rotatable bonds is 41. The molecule has 1 aromatic rings. The Bertz CT molecular complexity index is 1330. The highest BCUT2D eigenvalue weighted by atomic mass is 32.2. The van der Waals surface area contributed by atoms with Gasteiger partial charge in [0.1, 0.15) is 37.1 Å². The molecule has 2 heterocycles. The van der Waals surface area contributed by atoms with E-state index in [9.17, 15) is 34.8 Å². The highest BCUT2D eigenvalue weighted by Crippen LogP contribution is 2.28. The van der Waals surface area contributed by atoms with E-state index in [1.807, 2.05) is 0 Å².